The summed E-state index contributed by atoms with van der Waals surface area (Å²) in [5.41, 5.74) is -1.02. The lowest BCUT2D eigenvalue weighted by atomic mass is 9.82. The second kappa shape index (κ2) is 7.82. The number of hydrogen-bond acceptors (Lipinski definition) is 4. The van der Waals surface area contributed by atoms with Crippen LogP contribution in [0.15, 0.2) is 48.5 Å². The third kappa shape index (κ3) is 6.48. The summed E-state index contributed by atoms with van der Waals surface area (Å²) in [6.45, 7) is 6.91. The second-order valence-electron chi connectivity index (χ2n) is 7.00. The fourth-order valence-corrected chi connectivity index (χ4v) is 1.82. The van der Waals surface area contributed by atoms with E-state index in [2.05, 4.69) is 4.74 Å². The maximum atomic E-state index is 12.1. The lowest BCUT2D eigenvalue weighted by molar-refractivity contribution is -0.274. The molecule has 0 fully saturated rings. The Labute approximate surface area is 157 Å². The van der Waals surface area contributed by atoms with E-state index >= 15 is 0 Å². The van der Waals surface area contributed by atoms with Gasteiger partial charge in [0.1, 0.15) is 17.2 Å². The van der Waals surface area contributed by atoms with Gasteiger partial charge in [0.25, 0.3) is 0 Å². The van der Waals surface area contributed by atoms with Gasteiger partial charge in [-0.3, -0.25) is 0 Å². The Hall–Kier alpha value is -2.19. The third-order valence-corrected chi connectivity index (χ3v) is 4.14. The Morgan fingerprint density at radius 1 is 0.778 bits per heavy atom. The monoisotopic (exact) mass is 381 g/mol. The van der Waals surface area contributed by atoms with Crippen LogP contribution in [0.25, 0.3) is 0 Å². The van der Waals surface area contributed by atoms with Gasteiger partial charge in [0.2, 0.25) is 0 Å². The first kappa shape index (κ1) is 21.1. The molecule has 0 aliphatic rings. The Balaban J connectivity index is 1.94. The highest BCUT2D eigenvalue weighted by Crippen LogP contribution is 2.27. The highest BCUT2D eigenvalue weighted by Gasteiger charge is 2.35. The predicted octanol–water partition coefficient (Wildman–Crippen LogP) is 4.19. The van der Waals surface area contributed by atoms with E-state index in [1.54, 1.807) is 59.4 Å². The van der Waals surface area contributed by atoms with E-state index in [4.69, 9.17) is 9.39 Å². The number of hydrogen-bond donors (Lipinski definition) is 1. The fourth-order valence-electron chi connectivity index (χ4n) is 1.82. The van der Waals surface area contributed by atoms with E-state index in [-0.39, 0.29) is 5.75 Å². The van der Waals surface area contributed by atoms with E-state index in [1.807, 2.05) is 0 Å². The van der Waals surface area contributed by atoms with Crippen LogP contribution in [0.3, 0.4) is 0 Å². The summed E-state index contributed by atoms with van der Waals surface area (Å²) in [6.07, 6.45) is -4.73. The molecule has 0 heterocycles. The molecule has 0 atom stereocenters. The zero-order valence-corrected chi connectivity index (χ0v) is 15.5. The Bertz CT molecular complexity index is 736. The van der Waals surface area contributed by atoms with Crippen molar-refractivity contribution in [1.82, 2.24) is 0 Å². The molecule has 0 aliphatic carbocycles. The standard InChI is InChI=1S/C19H21BF3O4/c1-17(2,24)18(3,4)27-20-13-5-7-14(8-6-13)25-15-9-11-16(12-10-15)26-19(21,22)23/h5-12,24H,1-4H3. The predicted molar refractivity (Wildman–Crippen MR) is 96.5 cm³/mol. The highest BCUT2D eigenvalue weighted by atomic mass is 19.4. The molecule has 0 amide bonds. The van der Waals surface area contributed by atoms with Crippen LogP contribution in [0.5, 0.6) is 17.2 Å². The molecular formula is C19H21BF3O4. The summed E-state index contributed by atoms with van der Waals surface area (Å²) in [7, 11) is 1.55. The van der Waals surface area contributed by atoms with Crippen molar-refractivity contribution in [2.45, 2.75) is 45.3 Å². The first-order valence-electron chi connectivity index (χ1n) is 8.23. The van der Waals surface area contributed by atoms with Crippen molar-refractivity contribution in [2.75, 3.05) is 0 Å². The van der Waals surface area contributed by atoms with Crippen molar-refractivity contribution >= 4 is 12.9 Å². The zero-order valence-electron chi connectivity index (χ0n) is 15.5. The molecule has 145 valence electrons. The average molecular weight is 381 g/mol. The van der Waals surface area contributed by atoms with Gasteiger partial charge in [0, 0.05) is 0 Å². The molecule has 4 nitrogen and oxygen atoms in total. The first-order valence-corrected chi connectivity index (χ1v) is 8.23. The third-order valence-electron chi connectivity index (χ3n) is 4.14. The summed E-state index contributed by atoms with van der Waals surface area (Å²) < 4.78 is 51.5. The normalized spacial score (nSPS) is 12.6. The van der Waals surface area contributed by atoms with E-state index < -0.39 is 17.6 Å². The number of alkyl halides is 3. The van der Waals surface area contributed by atoms with E-state index in [0.29, 0.717) is 11.5 Å². The number of ether oxygens (including phenoxy) is 2. The number of rotatable bonds is 7. The molecule has 0 unspecified atom stereocenters. The molecule has 2 aromatic carbocycles. The number of benzene rings is 2. The minimum Gasteiger partial charge on any atom is -0.457 e. The minimum absolute atomic E-state index is 0.314. The minimum atomic E-state index is -4.73. The molecule has 1 N–H and O–H groups in total. The summed E-state index contributed by atoms with van der Waals surface area (Å²) >= 11 is 0. The van der Waals surface area contributed by atoms with E-state index in [1.165, 1.54) is 24.3 Å². The molecule has 0 saturated carbocycles. The second-order valence-corrected chi connectivity index (χ2v) is 7.00. The molecule has 27 heavy (non-hydrogen) atoms. The quantitative estimate of drug-likeness (QED) is 0.731. The fraction of sp³-hybridized carbons (Fsp3) is 0.368. The summed E-state index contributed by atoms with van der Waals surface area (Å²) in [4.78, 5) is 0. The summed E-state index contributed by atoms with van der Waals surface area (Å²) in [5.74, 6) is 0.574. The molecule has 8 heteroatoms. The van der Waals surface area contributed by atoms with Crippen LogP contribution < -0.4 is 14.9 Å². The number of halogens is 3. The van der Waals surface area contributed by atoms with Crippen LogP contribution in [-0.4, -0.2) is 30.2 Å². The average Bonchev–Trinajstić information content (AvgIpc) is 2.54. The van der Waals surface area contributed by atoms with Crippen molar-refractivity contribution in [3.63, 3.8) is 0 Å². The van der Waals surface area contributed by atoms with Crippen LogP contribution >= 0.6 is 0 Å². The molecule has 0 bridgehead atoms. The van der Waals surface area contributed by atoms with Gasteiger partial charge in [-0.15, -0.1) is 13.2 Å². The van der Waals surface area contributed by atoms with Crippen molar-refractivity contribution in [3.05, 3.63) is 48.5 Å². The zero-order chi connectivity index (χ0) is 20.3. The van der Waals surface area contributed by atoms with E-state index in [9.17, 15) is 18.3 Å². The molecule has 2 rings (SSSR count). The molecule has 0 aromatic heterocycles. The molecule has 0 saturated heterocycles. The van der Waals surface area contributed by atoms with Gasteiger partial charge in [-0.05, 0) is 64.1 Å². The van der Waals surface area contributed by atoms with Crippen LogP contribution in [0, 0.1) is 0 Å². The van der Waals surface area contributed by atoms with Gasteiger partial charge in [0.15, 0.2) is 0 Å². The summed E-state index contributed by atoms with van der Waals surface area (Å²) in [6, 6.07) is 12.0. The molecule has 0 spiro atoms. The SMILES string of the molecule is CC(C)(O)C(C)(C)O[B]c1ccc(Oc2ccc(OC(F)(F)F)cc2)cc1. The van der Waals surface area contributed by atoms with Gasteiger partial charge >= 0.3 is 13.8 Å². The van der Waals surface area contributed by atoms with Crippen LogP contribution in [-0.2, 0) is 4.65 Å². The van der Waals surface area contributed by atoms with E-state index in [0.717, 1.165) is 5.46 Å². The van der Waals surface area contributed by atoms with Gasteiger partial charge in [-0.1, -0.05) is 17.6 Å². The molecule has 2 aromatic rings. The largest absolute Gasteiger partial charge is 0.573 e. The lowest BCUT2D eigenvalue weighted by Crippen LogP contribution is -2.49. The smallest absolute Gasteiger partial charge is 0.457 e. The summed E-state index contributed by atoms with van der Waals surface area (Å²) in [5, 5.41) is 10.1. The van der Waals surface area contributed by atoms with Crippen molar-refractivity contribution in [3.8, 4) is 17.2 Å². The Morgan fingerprint density at radius 2 is 1.22 bits per heavy atom. The van der Waals surface area contributed by atoms with Crippen LogP contribution in [0.2, 0.25) is 0 Å². The van der Waals surface area contributed by atoms with Crippen LogP contribution in [0.4, 0.5) is 13.2 Å². The molecule has 0 aliphatic heterocycles. The van der Waals surface area contributed by atoms with Crippen molar-refractivity contribution < 1.29 is 32.4 Å². The Morgan fingerprint density at radius 3 is 1.67 bits per heavy atom. The maximum absolute atomic E-state index is 12.1. The van der Waals surface area contributed by atoms with Gasteiger partial charge < -0.3 is 19.2 Å². The maximum Gasteiger partial charge on any atom is 0.573 e. The highest BCUT2D eigenvalue weighted by molar-refractivity contribution is 6.47. The van der Waals surface area contributed by atoms with Crippen molar-refractivity contribution in [2.24, 2.45) is 0 Å². The van der Waals surface area contributed by atoms with Gasteiger partial charge in [-0.25, -0.2) is 0 Å². The Kier molecular flexibility index (Phi) is 6.12. The van der Waals surface area contributed by atoms with Crippen LogP contribution in [0.1, 0.15) is 27.7 Å². The van der Waals surface area contributed by atoms with Gasteiger partial charge in [-0.2, -0.15) is 0 Å². The van der Waals surface area contributed by atoms with Gasteiger partial charge in [0.05, 0.1) is 11.2 Å². The topological polar surface area (TPSA) is 47.9 Å². The first-order chi connectivity index (χ1) is 12.4. The van der Waals surface area contributed by atoms with Crippen molar-refractivity contribution in [1.29, 1.82) is 0 Å². The molecular weight excluding hydrogens is 360 g/mol. The number of aliphatic hydroxyl groups is 1. The molecule has 1 radical (unpaired) electrons. The lowest BCUT2D eigenvalue weighted by Gasteiger charge is -2.37.